The molecule has 0 bridgehead atoms. The minimum Gasteiger partial charge on any atom is -0.0845 e. The Hall–Kier alpha value is -1.04. The zero-order valence-electron chi connectivity index (χ0n) is 7.37. The minimum absolute atomic E-state index is 0.911. The molecule has 0 heteroatoms. The van der Waals surface area contributed by atoms with Gasteiger partial charge in [0.2, 0.25) is 0 Å². The summed E-state index contributed by atoms with van der Waals surface area (Å²) in [6, 6.07) is 0. The first kappa shape index (κ1) is 9.05. The molecule has 0 nitrogen and oxygen atoms in total. The second-order valence-electron chi connectivity index (χ2n) is 2.79. The Labute approximate surface area is 75.0 Å². The van der Waals surface area contributed by atoms with Crippen LogP contribution in [0.2, 0.25) is 0 Å². The van der Waals surface area contributed by atoms with Crippen LogP contribution in [0.5, 0.6) is 0 Å². The predicted octanol–water partition coefficient (Wildman–Crippen LogP) is 3.59. The lowest BCUT2D eigenvalue weighted by Gasteiger charge is -1.89. The lowest BCUT2D eigenvalue weighted by molar-refractivity contribution is 0.868. The zero-order valence-corrected chi connectivity index (χ0v) is 7.37. The van der Waals surface area contributed by atoms with Crippen molar-refractivity contribution >= 4 is 0 Å². The summed E-state index contributed by atoms with van der Waals surface area (Å²) in [5.41, 5.74) is 0. The van der Waals surface area contributed by atoms with Crippen molar-refractivity contribution in [3.8, 4) is 0 Å². The van der Waals surface area contributed by atoms with E-state index in [0.717, 1.165) is 6.42 Å². The Kier molecular flexibility index (Phi) is 5.02. The van der Waals surface area contributed by atoms with Crippen molar-refractivity contribution in [3.05, 3.63) is 48.6 Å². The van der Waals surface area contributed by atoms with Gasteiger partial charge in [-0.3, -0.25) is 0 Å². The van der Waals surface area contributed by atoms with Crippen LogP contribution in [0.15, 0.2) is 42.5 Å². The van der Waals surface area contributed by atoms with Crippen LogP contribution >= 0.6 is 0 Å². The highest BCUT2D eigenvalue weighted by Gasteiger charge is 1.79. The molecule has 0 heterocycles. The molecule has 1 rings (SSSR count). The molecule has 0 aromatic heterocycles. The van der Waals surface area contributed by atoms with E-state index in [0.29, 0.717) is 0 Å². The Morgan fingerprint density at radius 2 is 1.58 bits per heavy atom. The van der Waals surface area contributed by atoms with Gasteiger partial charge in [0.15, 0.2) is 0 Å². The largest absolute Gasteiger partial charge is 0.0845 e. The van der Waals surface area contributed by atoms with E-state index in [9.17, 15) is 0 Å². The normalized spacial score (nSPS) is 29.3. The van der Waals surface area contributed by atoms with E-state index < -0.39 is 0 Å². The fraction of sp³-hybridized carbons (Fsp3) is 0.333. The second-order valence-corrected chi connectivity index (χ2v) is 2.79. The molecule has 0 N–H and O–H groups in total. The van der Waals surface area contributed by atoms with Crippen molar-refractivity contribution in [1.29, 1.82) is 0 Å². The van der Waals surface area contributed by atoms with Gasteiger partial charge in [0, 0.05) is 0 Å². The molecule has 0 aliphatic heterocycles. The summed E-state index contributed by atoms with van der Waals surface area (Å²) < 4.78 is 0. The summed E-state index contributed by atoms with van der Waals surface area (Å²) in [4.78, 5) is 0. The molecule has 0 atom stereocenters. The molecule has 0 aromatic carbocycles. The third-order valence-corrected chi connectivity index (χ3v) is 1.71. The van der Waals surface area contributed by atoms with Gasteiger partial charge in [-0.1, -0.05) is 42.5 Å². The van der Waals surface area contributed by atoms with Crippen LogP contribution in [0, 0.1) is 6.08 Å². The van der Waals surface area contributed by atoms with Crippen LogP contribution in [0.4, 0.5) is 0 Å². The molecular weight excluding hydrogens is 144 g/mol. The maximum absolute atomic E-state index is 3.17. The van der Waals surface area contributed by atoms with Crippen LogP contribution in [0.3, 0.4) is 0 Å². The van der Waals surface area contributed by atoms with Gasteiger partial charge in [0.05, 0.1) is 0 Å². The first-order valence-corrected chi connectivity index (χ1v) is 4.53. The van der Waals surface area contributed by atoms with Gasteiger partial charge in [-0.25, -0.2) is 0 Å². The fourth-order valence-electron chi connectivity index (χ4n) is 1.04. The van der Waals surface area contributed by atoms with E-state index in [4.69, 9.17) is 0 Å². The molecule has 1 radical (unpaired) electrons. The molecule has 63 valence electrons. The Morgan fingerprint density at radius 1 is 0.833 bits per heavy atom. The smallest absolute Gasteiger partial charge is 0.00915 e. The van der Waals surface area contributed by atoms with Gasteiger partial charge >= 0.3 is 0 Å². The highest BCUT2D eigenvalue weighted by atomic mass is 13.9. The number of hydrogen-bond donors (Lipinski definition) is 0. The highest BCUT2D eigenvalue weighted by molar-refractivity contribution is 5.06. The summed E-state index contributed by atoms with van der Waals surface area (Å²) in [5, 5.41) is 0. The Balaban J connectivity index is 2.42. The molecule has 0 spiro atoms. The van der Waals surface area contributed by atoms with Crippen LogP contribution in [0.25, 0.3) is 0 Å². The van der Waals surface area contributed by atoms with Gasteiger partial charge in [0.1, 0.15) is 0 Å². The van der Waals surface area contributed by atoms with E-state index in [1.165, 1.54) is 19.3 Å². The van der Waals surface area contributed by atoms with Crippen molar-refractivity contribution in [2.75, 3.05) is 0 Å². The molecule has 0 fully saturated rings. The van der Waals surface area contributed by atoms with E-state index in [2.05, 4.69) is 42.5 Å². The molecule has 0 unspecified atom stereocenters. The van der Waals surface area contributed by atoms with Gasteiger partial charge in [-0.05, 0) is 31.8 Å². The van der Waals surface area contributed by atoms with Crippen molar-refractivity contribution in [3.63, 3.8) is 0 Å². The number of allylic oxidation sites excluding steroid dienone is 8. The fourth-order valence-corrected chi connectivity index (χ4v) is 1.04. The molecule has 1 aliphatic carbocycles. The lowest BCUT2D eigenvalue weighted by Crippen LogP contribution is -1.69. The van der Waals surface area contributed by atoms with Gasteiger partial charge < -0.3 is 0 Å². The van der Waals surface area contributed by atoms with E-state index in [1.54, 1.807) is 0 Å². The maximum atomic E-state index is 3.17. The van der Waals surface area contributed by atoms with Crippen molar-refractivity contribution in [1.82, 2.24) is 0 Å². The summed E-state index contributed by atoms with van der Waals surface area (Å²) in [7, 11) is 0. The SMILES string of the molecule is [C]1=C\C=C\CCC/C=C\C=C\C/1. The molecular formula is C12H15. The molecule has 0 amide bonds. The summed E-state index contributed by atoms with van der Waals surface area (Å²) in [6.45, 7) is 0. The van der Waals surface area contributed by atoms with Crippen LogP contribution < -0.4 is 0 Å². The third-order valence-electron chi connectivity index (χ3n) is 1.71. The summed E-state index contributed by atoms with van der Waals surface area (Å²) in [5.74, 6) is 0. The quantitative estimate of drug-likeness (QED) is 0.506. The highest BCUT2D eigenvalue weighted by Crippen LogP contribution is 1.99. The minimum atomic E-state index is 0.911. The average Bonchev–Trinajstić information content (AvgIpc) is 2.05. The number of rotatable bonds is 0. The van der Waals surface area contributed by atoms with E-state index >= 15 is 0 Å². The van der Waals surface area contributed by atoms with Crippen molar-refractivity contribution < 1.29 is 0 Å². The van der Waals surface area contributed by atoms with Crippen LogP contribution in [-0.4, -0.2) is 0 Å². The lowest BCUT2D eigenvalue weighted by atomic mass is 10.2. The first-order chi connectivity index (χ1) is 6.00. The zero-order chi connectivity index (χ0) is 8.49. The molecule has 0 saturated heterocycles. The van der Waals surface area contributed by atoms with E-state index in [1.807, 2.05) is 6.08 Å². The second kappa shape index (κ2) is 6.66. The number of hydrogen-bond acceptors (Lipinski definition) is 0. The average molecular weight is 159 g/mol. The molecule has 1 aliphatic rings. The van der Waals surface area contributed by atoms with Gasteiger partial charge in [-0.15, -0.1) is 0 Å². The molecule has 12 heavy (non-hydrogen) atoms. The van der Waals surface area contributed by atoms with Crippen molar-refractivity contribution in [2.45, 2.75) is 25.7 Å². The van der Waals surface area contributed by atoms with Crippen LogP contribution in [0.1, 0.15) is 25.7 Å². The maximum Gasteiger partial charge on any atom is -0.00915 e. The van der Waals surface area contributed by atoms with Gasteiger partial charge in [0.25, 0.3) is 0 Å². The van der Waals surface area contributed by atoms with Crippen molar-refractivity contribution in [2.24, 2.45) is 0 Å². The molecule has 0 aromatic rings. The summed E-state index contributed by atoms with van der Waals surface area (Å²) >= 11 is 0. The standard InChI is InChI=1S/C12H15/c1-2-4-6-8-10-12-11-9-7-5-3-1/h1-4,10-12H,5-7,9H2/b3-1-,4-2+,10-8?,12-11+. The van der Waals surface area contributed by atoms with E-state index in [-0.39, 0.29) is 0 Å². The first-order valence-electron chi connectivity index (χ1n) is 4.53. The van der Waals surface area contributed by atoms with Crippen LogP contribution in [-0.2, 0) is 0 Å². The Morgan fingerprint density at radius 3 is 2.50 bits per heavy atom. The Bertz CT molecular complexity index is 182. The van der Waals surface area contributed by atoms with Gasteiger partial charge in [-0.2, -0.15) is 0 Å². The molecule has 0 saturated carbocycles. The third kappa shape index (κ3) is 4.73. The topological polar surface area (TPSA) is 0 Å². The predicted molar refractivity (Wildman–Crippen MR) is 53.7 cm³/mol. The monoisotopic (exact) mass is 159 g/mol. The summed E-state index contributed by atoms with van der Waals surface area (Å²) in [6.07, 6.45) is 22.5.